The van der Waals surface area contributed by atoms with E-state index < -0.39 is 5.60 Å². The summed E-state index contributed by atoms with van der Waals surface area (Å²) >= 11 is 0. The molecule has 0 saturated heterocycles. The summed E-state index contributed by atoms with van der Waals surface area (Å²) in [7, 11) is 0. The molecule has 0 bridgehead atoms. The van der Waals surface area contributed by atoms with Crippen LogP contribution in [0.5, 0.6) is 0 Å². The van der Waals surface area contributed by atoms with Crippen LogP contribution in [0.15, 0.2) is 24.3 Å². The Balaban J connectivity index is 1.85. The van der Waals surface area contributed by atoms with Gasteiger partial charge in [0.15, 0.2) is 0 Å². The topological polar surface area (TPSA) is 20.2 Å². The maximum Gasteiger partial charge on any atom is 0.0927 e. The van der Waals surface area contributed by atoms with Gasteiger partial charge in [0, 0.05) is 0 Å². The highest BCUT2D eigenvalue weighted by Crippen LogP contribution is 2.52. The zero-order valence-corrected chi connectivity index (χ0v) is 12.4. The summed E-state index contributed by atoms with van der Waals surface area (Å²) in [4.78, 5) is 0. The lowest BCUT2D eigenvalue weighted by Gasteiger charge is -2.31. The van der Waals surface area contributed by atoms with Gasteiger partial charge in [-0.15, -0.1) is 0 Å². The molecule has 2 saturated carbocycles. The molecule has 0 radical (unpaired) electrons. The van der Waals surface area contributed by atoms with Crippen LogP contribution in [0.3, 0.4) is 0 Å². The lowest BCUT2D eigenvalue weighted by atomic mass is 9.78. The number of hydrogen-bond acceptors (Lipinski definition) is 1. The van der Waals surface area contributed by atoms with Gasteiger partial charge in [-0.2, -0.15) is 0 Å². The summed E-state index contributed by atoms with van der Waals surface area (Å²) in [6.45, 7) is 6.73. The lowest BCUT2D eigenvalue weighted by molar-refractivity contribution is -0.000865. The molecule has 2 atom stereocenters. The minimum Gasteiger partial charge on any atom is -0.385 e. The molecule has 1 nitrogen and oxygen atoms in total. The Morgan fingerprint density at radius 2 is 1.74 bits per heavy atom. The highest BCUT2D eigenvalue weighted by atomic mass is 16.3. The smallest absolute Gasteiger partial charge is 0.0927 e. The van der Waals surface area contributed by atoms with Gasteiger partial charge in [-0.1, -0.05) is 51.5 Å². The van der Waals surface area contributed by atoms with E-state index in [9.17, 15) is 5.11 Å². The first-order chi connectivity index (χ1) is 8.91. The van der Waals surface area contributed by atoms with Gasteiger partial charge in [0.2, 0.25) is 0 Å². The first kappa shape index (κ1) is 13.2. The Hall–Kier alpha value is -0.820. The summed E-state index contributed by atoms with van der Waals surface area (Å²) < 4.78 is 0. The van der Waals surface area contributed by atoms with Crippen molar-refractivity contribution < 1.29 is 5.11 Å². The van der Waals surface area contributed by atoms with Gasteiger partial charge in [0.05, 0.1) is 5.60 Å². The van der Waals surface area contributed by atoms with Crippen LogP contribution in [0.2, 0.25) is 0 Å². The molecular weight excluding hydrogens is 232 g/mol. The van der Waals surface area contributed by atoms with Gasteiger partial charge in [0.25, 0.3) is 0 Å². The normalized spacial score (nSPS) is 34.2. The van der Waals surface area contributed by atoms with Crippen molar-refractivity contribution in [1.82, 2.24) is 0 Å². The van der Waals surface area contributed by atoms with Crippen LogP contribution in [0, 0.1) is 11.3 Å². The average molecular weight is 258 g/mol. The number of rotatable bonds is 2. The maximum absolute atomic E-state index is 11.1. The lowest BCUT2D eigenvalue weighted by Crippen LogP contribution is -2.29. The molecule has 0 heterocycles. The van der Waals surface area contributed by atoms with Crippen molar-refractivity contribution >= 4 is 0 Å². The largest absolute Gasteiger partial charge is 0.385 e. The van der Waals surface area contributed by atoms with Crippen molar-refractivity contribution in [3.8, 4) is 0 Å². The number of benzene rings is 1. The molecule has 2 fully saturated rings. The highest BCUT2D eigenvalue weighted by molar-refractivity contribution is 5.31. The molecule has 1 N–H and O–H groups in total. The zero-order valence-electron chi connectivity index (χ0n) is 12.4. The molecule has 2 aliphatic carbocycles. The second-order valence-electron chi connectivity index (χ2n) is 7.62. The van der Waals surface area contributed by atoms with Gasteiger partial charge < -0.3 is 5.11 Å². The van der Waals surface area contributed by atoms with Crippen molar-refractivity contribution in [1.29, 1.82) is 0 Å². The Morgan fingerprint density at radius 3 is 2.16 bits per heavy atom. The highest BCUT2D eigenvalue weighted by Gasteiger charge is 2.48. The van der Waals surface area contributed by atoms with E-state index in [1.54, 1.807) is 0 Å². The van der Waals surface area contributed by atoms with Gasteiger partial charge in [-0.3, -0.25) is 0 Å². The third kappa shape index (κ3) is 2.23. The average Bonchev–Trinajstić information content (AvgIpc) is 2.47. The molecule has 19 heavy (non-hydrogen) atoms. The third-order valence-electron chi connectivity index (χ3n) is 5.41. The fraction of sp³-hybridized carbons (Fsp3) is 0.667. The second-order valence-corrected chi connectivity index (χ2v) is 7.62. The molecule has 1 heteroatoms. The number of hydrogen-bond donors (Lipinski definition) is 1. The van der Waals surface area contributed by atoms with Gasteiger partial charge in [0.1, 0.15) is 0 Å². The van der Waals surface area contributed by atoms with E-state index in [1.165, 1.54) is 24.8 Å². The summed E-state index contributed by atoms with van der Waals surface area (Å²) in [5, 5.41) is 11.1. The zero-order chi connectivity index (χ0) is 13.7. The molecule has 0 aromatic heterocycles. The molecular formula is C18H26O. The maximum atomic E-state index is 11.1. The first-order valence-corrected chi connectivity index (χ1v) is 7.74. The molecule has 2 aliphatic rings. The Kier molecular flexibility index (Phi) is 3.01. The van der Waals surface area contributed by atoms with Crippen LogP contribution in [-0.2, 0) is 5.60 Å². The molecule has 1 aromatic rings. The fourth-order valence-corrected chi connectivity index (χ4v) is 4.15. The Bertz CT molecular complexity index is 455. The van der Waals surface area contributed by atoms with E-state index in [-0.39, 0.29) is 5.41 Å². The van der Waals surface area contributed by atoms with Gasteiger partial charge >= 0.3 is 0 Å². The predicted octanol–water partition coefficient (Wildman–Crippen LogP) is 4.60. The summed E-state index contributed by atoms with van der Waals surface area (Å²) in [6.07, 6.45) is 6.04. The van der Waals surface area contributed by atoms with Crippen LogP contribution in [0.4, 0.5) is 0 Å². The van der Waals surface area contributed by atoms with Crippen LogP contribution >= 0.6 is 0 Å². The van der Waals surface area contributed by atoms with E-state index in [2.05, 4.69) is 45.0 Å². The SMILES string of the molecule is CC1CC(C)(C)CC1(O)c1ccc(C2CCC2)cc1. The third-order valence-corrected chi connectivity index (χ3v) is 5.41. The minimum absolute atomic E-state index is 0.251. The Morgan fingerprint density at radius 1 is 1.11 bits per heavy atom. The van der Waals surface area contributed by atoms with Crippen molar-refractivity contribution in [2.45, 2.75) is 64.4 Å². The van der Waals surface area contributed by atoms with E-state index in [0.717, 1.165) is 24.3 Å². The van der Waals surface area contributed by atoms with Crippen molar-refractivity contribution in [2.75, 3.05) is 0 Å². The van der Waals surface area contributed by atoms with E-state index >= 15 is 0 Å². The van der Waals surface area contributed by atoms with E-state index in [0.29, 0.717) is 5.92 Å². The Labute approximate surface area is 117 Å². The van der Waals surface area contributed by atoms with Crippen LogP contribution in [-0.4, -0.2) is 5.11 Å². The summed E-state index contributed by atoms with van der Waals surface area (Å²) in [5.74, 6) is 1.12. The molecule has 1 aromatic carbocycles. The van der Waals surface area contributed by atoms with E-state index in [4.69, 9.17) is 0 Å². The van der Waals surface area contributed by atoms with E-state index in [1.807, 2.05) is 0 Å². The molecule has 0 spiro atoms. The molecule has 3 rings (SSSR count). The molecule has 104 valence electrons. The van der Waals surface area contributed by atoms with Crippen LogP contribution < -0.4 is 0 Å². The summed E-state index contributed by atoms with van der Waals surface area (Å²) in [6, 6.07) is 8.83. The molecule has 2 unspecified atom stereocenters. The van der Waals surface area contributed by atoms with Crippen LogP contribution in [0.1, 0.15) is 69.9 Å². The van der Waals surface area contributed by atoms with Crippen LogP contribution in [0.25, 0.3) is 0 Å². The van der Waals surface area contributed by atoms with Crippen molar-refractivity contribution in [3.05, 3.63) is 35.4 Å². The second kappa shape index (κ2) is 4.34. The number of aliphatic hydroxyl groups is 1. The molecule has 0 amide bonds. The van der Waals surface area contributed by atoms with Crippen molar-refractivity contribution in [2.24, 2.45) is 11.3 Å². The fourth-order valence-electron chi connectivity index (χ4n) is 4.15. The quantitative estimate of drug-likeness (QED) is 0.822. The van der Waals surface area contributed by atoms with Gasteiger partial charge in [-0.05, 0) is 54.1 Å². The first-order valence-electron chi connectivity index (χ1n) is 7.74. The van der Waals surface area contributed by atoms with Crippen molar-refractivity contribution in [3.63, 3.8) is 0 Å². The summed E-state index contributed by atoms with van der Waals surface area (Å²) in [5.41, 5.74) is 2.21. The monoisotopic (exact) mass is 258 g/mol. The minimum atomic E-state index is -0.623. The predicted molar refractivity (Wildman–Crippen MR) is 79.1 cm³/mol. The standard InChI is InChI=1S/C18H26O/c1-13-11-17(2,3)12-18(13,19)16-9-7-15(8-10-16)14-5-4-6-14/h7-10,13-14,19H,4-6,11-12H2,1-3H3. The van der Waals surface area contributed by atoms with Gasteiger partial charge in [-0.25, -0.2) is 0 Å². The molecule has 0 aliphatic heterocycles.